The van der Waals surface area contributed by atoms with Gasteiger partial charge in [0.2, 0.25) is 0 Å². The van der Waals surface area contributed by atoms with E-state index in [2.05, 4.69) is 5.10 Å². The number of aliphatic hydroxyl groups excluding tert-OH is 1. The number of aromatic nitrogens is 2. The average Bonchev–Trinajstić information content (AvgIpc) is 2.92. The zero-order valence-corrected chi connectivity index (χ0v) is 11.6. The second-order valence-corrected chi connectivity index (χ2v) is 6.22. The molecular formula is C13H17N3O2S. The van der Waals surface area contributed by atoms with Gasteiger partial charge in [-0.3, -0.25) is 9.48 Å². The predicted molar refractivity (Wildman–Crippen MR) is 74.4 cm³/mol. The maximum Gasteiger partial charge on any atom is 0.258 e. The summed E-state index contributed by atoms with van der Waals surface area (Å²) in [6, 6.07) is 2.15. The van der Waals surface area contributed by atoms with E-state index >= 15 is 0 Å². The Hall–Kier alpha value is -1.40. The summed E-state index contributed by atoms with van der Waals surface area (Å²) in [4.78, 5) is 12.9. The highest BCUT2D eigenvalue weighted by molar-refractivity contribution is 7.20. The second kappa shape index (κ2) is 4.61. The molecule has 0 radical (unpaired) electrons. The molecular weight excluding hydrogens is 262 g/mol. The molecule has 3 N–H and O–H groups in total. The zero-order chi connectivity index (χ0) is 13.6. The molecule has 0 aliphatic heterocycles. The average molecular weight is 279 g/mol. The van der Waals surface area contributed by atoms with Crippen molar-refractivity contribution in [2.24, 2.45) is 5.73 Å². The smallest absolute Gasteiger partial charge is 0.258 e. The van der Waals surface area contributed by atoms with Crippen molar-refractivity contribution < 1.29 is 9.90 Å². The Kier molecular flexibility index (Phi) is 3.06. The van der Waals surface area contributed by atoms with Gasteiger partial charge in [0.25, 0.3) is 5.91 Å². The fraction of sp³-hybridized carbons (Fsp3) is 0.538. The molecule has 0 bridgehead atoms. The van der Waals surface area contributed by atoms with Crippen LogP contribution < -0.4 is 5.73 Å². The van der Waals surface area contributed by atoms with E-state index in [4.69, 9.17) is 5.73 Å². The first-order valence-corrected chi connectivity index (χ1v) is 7.34. The normalized spacial score (nSPS) is 23.9. The lowest BCUT2D eigenvalue weighted by Crippen LogP contribution is -2.21. The van der Waals surface area contributed by atoms with E-state index in [0.717, 1.165) is 41.6 Å². The molecule has 1 saturated carbocycles. The number of carbonyl (C=O) groups excluding carboxylic acids is 1. The number of primary amides is 1. The molecule has 1 fully saturated rings. The van der Waals surface area contributed by atoms with Crippen LogP contribution in [0.3, 0.4) is 0 Å². The van der Waals surface area contributed by atoms with E-state index in [1.165, 1.54) is 11.3 Å². The van der Waals surface area contributed by atoms with Crippen LogP contribution >= 0.6 is 11.3 Å². The van der Waals surface area contributed by atoms with Crippen molar-refractivity contribution >= 4 is 27.5 Å². The van der Waals surface area contributed by atoms with E-state index in [1.807, 2.05) is 17.7 Å². The van der Waals surface area contributed by atoms with Gasteiger partial charge in [-0.05, 0) is 38.7 Å². The number of hydrogen-bond donors (Lipinski definition) is 2. The number of aliphatic hydroxyl groups is 1. The van der Waals surface area contributed by atoms with Crippen molar-refractivity contribution in [3.05, 3.63) is 16.6 Å². The van der Waals surface area contributed by atoms with Crippen LogP contribution in [0.4, 0.5) is 0 Å². The third-order valence-corrected chi connectivity index (χ3v) is 4.96. The SMILES string of the molecule is Cc1nn(C2CCC(O)CC2)c2sc(C(N)=O)cc12. The maximum absolute atomic E-state index is 11.3. The van der Waals surface area contributed by atoms with Gasteiger partial charge in [-0.1, -0.05) is 0 Å². The standard InChI is InChI=1S/C13H17N3O2S/c1-7-10-6-11(12(14)18)19-13(10)16(15-7)8-2-4-9(17)5-3-8/h6,8-9,17H,2-5H2,1H3,(H2,14,18). The summed E-state index contributed by atoms with van der Waals surface area (Å²) in [5.74, 6) is -0.383. The Morgan fingerprint density at radius 1 is 1.47 bits per heavy atom. The topological polar surface area (TPSA) is 81.1 Å². The minimum Gasteiger partial charge on any atom is -0.393 e. The molecule has 2 aromatic rings. The van der Waals surface area contributed by atoms with Gasteiger partial charge in [-0.15, -0.1) is 11.3 Å². The molecule has 2 aromatic heterocycles. The molecule has 1 amide bonds. The predicted octanol–water partition coefficient (Wildman–Crippen LogP) is 1.98. The van der Waals surface area contributed by atoms with Crippen LogP contribution in [0, 0.1) is 6.92 Å². The van der Waals surface area contributed by atoms with E-state index in [1.54, 1.807) is 0 Å². The first kappa shape index (κ1) is 12.6. The van der Waals surface area contributed by atoms with Crippen molar-refractivity contribution in [1.82, 2.24) is 9.78 Å². The number of amides is 1. The van der Waals surface area contributed by atoms with Crippen molar-refractivity contribution in [1.29, 1.82) is 0 Å². The molecule has 0 atom stereocenters. The lowest BCUT2D eigenvalue weighted by atomic mass is 9.93. The van der Waals surface area contributed by atoms with Gasteiger partial charge in [0, 0.05) is 5.39 Å². The third kappa shape index (κ3) is 2.15. The summed E-state index contributed by atoms with van der Waals surface area (Å²) in [7, 11) is 0. The molecule has 19 heavy (non-hydrogen) atoms. The number of nitrogens with zero attached hydrogens (tertiary/aromatic N) is 2. The number of aryl methyl sites for hydroxylation is 1. The maximum atomic E-state index is 11.3. The van der Waals surface area contributed by atoms with Crippen molar-refractivity contribution in [2.75, 3.05) is 0 Å². The van der Waals surface area contributed by atoms with Crippen LogP contribution in [0.2, 0.25) is 0 Å². The van der Waals surface area contributed by atoms with E-state index in [0.29, 0.717) is 10.9 Å². The highest BCUT2D eigenvalue weighted by Crippen LogP contribution is 2.35. The zero-order valence-electron chi connectivity index (χ0n) is 10.8. The Bertz CT molecular complexity index is 623. The van der Waals surface area contributed by atoms with Crippen LogP contribution in [0.15, 0.2) is 6.07 Å². The fourth-order valence-corrected chi connectivity index (χ4v) is 3.83. The summed E-state index contributed by atoms with van der Waals surface area (Å²) >= 11 is 1.41. The summed E-state index contributed by atoms with van der Waals surface area (Å²) in [5, 5.41) is 15.2. The van der Waals surface area contributed by atoms with Crippen LogP contribution in [-0.2, 0) is 0 Å². The highest BCUT2D eigenvalue weighted by atomic mass is 32.1. The fourth-order valence-electron chi connectivity index (χ4n) is 2.74. The number of fused-ring (bicyclic) bond motifs is 1. The number of carbonyl (C=O) groups is 1. The van der Waals surface area contributed by atoms with Crippen LogP contribution in [0.25, 0.3) is 10.2 Å². The molecule has 1 aliphatic rings. The number of hydrogen-bond acceptors (Lipinski definition) is 4. The minimum absolute atomic E-state index is 0.173. The molecule has 0 spiro atoms. The molecule has 5 nitrogen and oxygen atoms in total. The quantitative estimate of drug-likeness (QED) is 0.882. The van der Waals surface area contributed by atoms with Gasteiger partial charge >= 0.3 is 0 Å². The first-order valence-electron chi connectivity index (χ1n) is 6.53. The van der Waals surface area contributed by atoms with Crippen LogP contribution in [0.1, 0.15) is 47.1 Å². The van der Waals surface area contributed by atoms with Crippen LogP contribution in [-0.4, -0.2) is 26.9 Å². The first-order chi connectivity index (χ1) is 9.06. The molecule has 0 aromatic carbocycles. The second-order valence-electron chi connectivity index (χ2n) is 5.19. The third-order valence-electron chi connectivity index (χ3n) is 3.82. The lowest BCUT2D eigenvalue weighted by Gasteiger charge is -2.25. The Balaban J connectivity index is 2.01. The van der Waals surface area contributed by atoms with Gasteiger partial charge in [0.1, 0.15) is 4.83 Å². The van der Waals surface area contributed by atoms with Crippen molar-refractivity contribution in [3.63, 3.8) is 0 Å². The monoisotopic (exact) mass is 279 g/mol. The molecule has 6 heteroatoms. The van der Waals surface area contributed by atoms with E-state index in [-0.39, 0.29) is 12.0 Å². The Labute approximate surface area is 115 Å². The molecule has 0 unspecified atom stereocenters. The minimum atomic E-state index is -0.383. The number of rotatable bonds is 2. The van der Waals surface area contributed by atoms with Gasteiger partial charge in [0.05, 0.1) is 22.7 Å². The Morgan fingerprint density at radius 2 is 2.16 bits per heavy atom. The van der Waals surface area contributed by atoms with E-state index in [9.17, 15) is 9.90 Å². The van der Waals surface area contributed by atoms with E-state index < -0.39 is 0 Å². The number of thiophene rings is 1. The Morgan fingerprint density at radius 3 is 2.79 bits per heavy atom. The molecule has 102 valence electrons. The molecule has 2 heterocycles. The van der Waals surface area contributed by atoms with Gasteiger partial charge < -0.3 is 10.8 Å². The summed E-state index contributed by atoms with van der Waals surface area (Å²) < 4.78 is 2.02. The number of nitrogens with two attached hydrogens (primary N) is 1. The van der Waals surface area contributed by atoms with Gasteiger partial charge in [0.15, 0.2) is 0 Å². The van der Waals surface area contributed by atoms with Gasteiger partial charge in [-0.2, -0.15) is 5.10 Å². The molecule has 1 aliphatic carbocycles. The van der Waals surface area contributed by atoms with Gasteiger partial charge in [-0.25, -0.2) is 0 Å². The lowest BCUT2D eigenvalue weighted by molar-refractivity contribution is 0.100. The highest BCUT2D eigenvalue weighted by Gasteiger charge is 2.24. The van der Waals surface area contributed by atoms with Crippen LogP contribution in [0.5, 0.6) is 0 Å². The van der Waals surface area contributed by atoms with Crippen molar-refractivity contribution in [3.8, 4) is 0 Å². The largest absolute Gasteiger partial charge is 0.393 e. The molecule has 3 rings (SSSR count). The molecule has 0 saturated heterocycles. The van der Waals surface area contributed by atoms with Crippen molar-refractivity contribution in [2.45, 2.75) is 44.8 Å². The summed E-state index contributed by atoms with van der Waals surface area (Å²) in [5.41, 5.74) is 6.28. The summed E-state index contributed by atoms with van der Waals surface area (Å²) in [6.45, 7) is 1.95. The summed E-state index contributed by atoms with van der Waals surface area (Å²) in [6.07, 6.45) is 3.33.